The lowest BCUT2D eigenvalue weighted by Crippen LogP contribution is -2.27. The topological polar surface area (TPSA) is 55.2 Å². The van der Waals surface area contributed by atoms with Gasteiger partial charge < -0.3 is 9.84 Å². The second-order valence-electron chi connectivity index (χ2n) is 3.72. The molecule has 0 saturated heterocycles. The minimum absolute atomic E-state index is 0.114. The molecule has 0 aromatic carbocycles. The highest BCUT2D eigenvalue weighted by Gasteiger charge is 2.17. The summed E-state index contributed by atoms with van der Waals surface area (Å²) in [6.07, 6.45) is 3.96. The number of aromatic nitrogens is 2. The molecule has 4 heteroatoms. The predicted molar refractivity (Wildman–Crippen MR) is 53.0 cm³/mol. The molecule has 1 aromatic rings. The van der Waals surface area contributed by atoms with Crippen LogP contribution in [0.4, 0.5) is 0 Å². The van der Waals surface area contributed by atoms with Crippen LogP contribution >= 0.6 is 0 Å². The van der Waals surface area contributed by atoms with Crippen molar-refractivity contribution in [3.05, 3.63) is 18.1 Å². The molecule has 1 N–H and O–H groups in total. The van der Waals surface area contributed by atoms with Crippen molar-refractivity contribution in [1.82, 2.24) is 9.97 Å². The highest BCUT2D eigenvalue weighted by molar-refractivity contribution is 5.08. The zero-order valence-corrected chi connectivity index (χ0v) is 8.82. The molecule has 0 aliphatic rings. The number of hydrogen-bond acceptors (Lipinski definition) is 4. The molecule has 1 rings (SSSR count). The highest BCUT2D eigenvalue weighted by Crippen LogP contribution is 2.17. The minimum Gasteiger partial charge on any atom is -0.471 e. The molecule has 0 radical (unpaired) electrons. The average Bonchev–Trinajstić information content (AvgIpc) is 2.17. The third-order valence-electron chi connectivity index (χ3n) is 2.06. The van der Waals surface area contributed by atoms with Crippen LogP contribution in [0.2, 0.25) is 0 Å². The summed E-state index contributed by atoms with van der Waals surface area (Å²) in [5.41, 5.74) is 0.275. The first-order chi connectivity index (χ1) is 6.57. The van der Waals surface area contributed by atoms with Crippen LogP contribution in [0.3, 0.4) is 0 Å². The first kappa shape index (κ1) is 10.9. The maximum absolute atomic E-state index is 8.86. The summed E-state index contributed by atoms with van der Waals surface area (Å²) in [5.74, 6) is 0.461. The van der Waals surface area contributed by atoms with Gasteiger partial charge in [-0.25, -0.2) is 4.98 Å². The average molecular weight is 196 g/mol. The van der Waals surface area contributed by atoms with E-state index in [1.807, 2.05) is 20.8 Å². The lowest BCUT2D eigenvalue weighted by Gasteiger charge is -2.23. The summed E-state index contributed by atoms with van der Waals surface area (Å²) in [4.78, 5) is 8.02. The van der Waals surface area contributed by atoms with Crippen molar-refractivity contribution in [2.75, 3.05) is 0 Å². The summed E-state index contributed by atoms with van der Waals surface area (Å²) in [6, 6.07) is 0. The molecule has 0 amide bonds. The zero-order valence-electron chi connectivity index (χ0n) is 8.82. The molecule has 0 bridgehead atoms. The molecule has 14 heavy (non-hydrogen) atoms. The first-order valence-electron chi connectivity index (χ1n) is 4.68. The Labute approximate surface area is 84.0 Å². The van der Waals surface area contributed by atoms with Gasteiger partial charge in [0, 0.05) is 0 Å². The van der Waals surface area contributed by atoms with Crippen LogP contribution in [0.25, 0.3) is 0 Å². The van der Waals surface area contributed by atoms with Crippen LogP contribution in [-0.4, -0.2) is 20.7 Å². The molecule has 4 nitrogen and oxygen atoms in total. The Morgan fingerprint density at radius 2 is 2.14 bits per heavy atom. The fourth-order valence-electron chi connectivity index (χ4n) is 0.867. The molecule has 78 valence electrons. The largest absolute Gasteiger partial charge is 0.471 e. The molecule has 0 fully saturated rings. The maximum Gasteiger partial charge on any atom is 0.233 e. The molecule has 0 atom stereocenters. The molecule has 0 aliphatic carbocycles. The molecule has 0 unspecified atom stereocenters. The van der Waals surface area contributed by atoms with Gasteiger partial charge in [-0.2, -0.15) is 0 Å². The minimum atomic E-state index is -0.247. The molecule has 0 aliphatic heterocycles. The normalized spacial score (nSPS) is 11.4. The Bertz CT molecular complexity index is 300. The van der Waals surface area contributed by atoms with Gasteiger partial charge in [-0.05, 0) is 20.3 Å². The van der Waals surface area contributed by atoms with Gasteiger partial charge in [0.25, 0.3) is 0 Å². The van der Waals surface area contributed by atoms with Crippen molar-refractivity contribution in [2.45, 2.75) is 39.4 Å². The lowest BCUT2D eigenvalue weighted by atomic mass is 10.1. The van der Waals surface area contributed by atoms with Crippen LogP contribution in [0.5, 0.6) is 5.88 Å². The fourth-order valence-corrected chi connectivity index (χ4v) is 0.867. The van der Waals surface area contributed by atoms with E-state index in [1.165, 1.54) is 6.20 Å². The van der Waals surface area contributed by atoms with E-state index in [4.69, 9.17) is 9.84 Å². The highest BCUT2D eigenvalue weighted by atomic mass is 16.5. The van der Waals surface area contributed by atoms with Crippen LogP contribution in [0.1, 0.15) is 32.9 Å². The Balaban J connectivity index is 2.76. The van der Waals surface area contributed by atoms with E-state index in [2.05, 4.69) is 9.97 Å². The van der Waals surface area contributed by atoms with Gasteiger partial charge >= 0.3 is 0 Å². The van der Waals surface area contributed by atoms with E-state index in [0.29, 0.717) is 11.6 Å². The smallest absolute Gasteiger partial charge is 0.233 e. The molecule has 0 spiro atoms. The van der Waals surface area contributed by atoms with E-state index in [-0.39, 0.29) is 12.2 Å². The van der Waals surface area contributed by atoms with E-state index in [9.17, 15) is 0 Å². The van der Waals surface area contributed by atoms with Crippen molar-refractivity contribution < 1.29 is 9.84 Å². The fraction of sp³-hybridized carbons (Fsp3) is 0.600. The molecular weight excluding hydrogens is 180 g/mol. The SMILES string of the molecule is CCC(C)(C)Oc1cncc(CO)n1. The van der Waals surface area contributed by atoms with Crippen LogP contribution in [0.15, 0.2) is 12.4 Å². The van der Waals surface area contributed by atoms with Gasteiger partial charge in [-0.15, -0.1) is 0 Å². The van der Waals surface area contributed by atoms with Crippen LogP contribution < -0.4 is 4.74 Å². The number of hydrogen-bond donors (Lipinski definition) is 1. The third kappa shape index (κ3) is 2.96. The third-order valence-corrected chi connectivity index (χ3v) is 2.06. The summed E-state index contributed by atoms with van der Waals surface area (Å²) in [5, 5.41) is 8.86. The monoisotopic (exact) mass is 196 g/mol. The molecule has 1 aromatic heterocycles. The summed E-state index contributed by atoms with van der Waals surface area (Å²) in [7, 11) is 0. The number of ether oxygens (including phenoxy) is 1. The van der Waals surface area contributed by atoms with Crippen LogP contribution in [0, 0.1) is 0 Å². The quantitative estimate of drug-likeness (QED) is 0.793. The van der Waals surface area contributed by atoms with E-state index in [0.717, 1.165) is 6.42 Å². The van der Waals surface area contributed by atoms with Gasteiger partial charge in [0.2, 0.25) is 5.88 Å². The Kier molecular flexibility index (Phi) is 3.41. The lowest BCUT2D eigenvalue weighted by molar-refractivity contribution is 0.0975. The number of rotatable bonds is 4. The summed E-state index contributed by atoms with van der Waals surface area (Å²) < 4.78 is 5.61. The molecule has 1 heterocycles. The van der Waals surface area contributed by atoms with Crippen molar-refractivity contribution in [1.29, 1.82) is 0 Å². The first-order valence-corrected chi connectivity index (χ1v) is 4.68. The van der Waals surface area contributed by atoms with Crippen molar-refractivity contribution >= 4 is 0 Å². The van der Waals surface area contributed by atoms with Gasteiger partial charge in [0.15, 0.2) is 0 Å². The van der Waals surface area contributed by atoms with Gasteiger partial charge in [0.1, 0.15) is 5.60 Å². The van der Waals surface area contributed by atoms with Gasteiger partial charge in [-0.1, -0.05) is 6.92 Å². The number of aliphatic hydroxyl groups is 1. The standard InChI is InChI=1S/C10H16N2O2/c1-4-10(2,3)14-9-6-11-5-8(7-13)12-9/h5-6,13H,4,7H2,1-3H3. The van der Waals surface area contributed by atoms with Crippen molar-refractivity contribution in [3.8, 4) is 5.88 Å². The molecular formula is C10H16N2O2. The Hall–Kier alpha value is -1.16. The number of aliphatic hydroxyl groups excluding tert-OH is 1. The maximum atomic E-state index is 8.86. The second-order valence-corrected chi connectivity index (χ2v) is 3.72. The van der Waals surface area contributed by atoms with Gasteiger partial charge in [0.05, 0.1) is 24.7 Å². The molecule has 0 saturated carbocycles. The van der Waals surface area contributed by atoms with E-state index < -0.39 is 0 Å². The van der Waals surface area contributed by atoms with Crippen LogP contribution in [-0.2, 0) is 6.61 Å². The van der Waals surface area contributed by atoms with E-state index >= 15 is 0 Å². The van der Waals surface area contributed by atoms with Gasteiger partial charge in [-0.3, -0.25) is 4.98 Å². The Morgan fingerprint density at radius 3 is 2.71 bits per heavy atom. The predicted octanol–water partition coefficient (Wildman–Crippen LogP) is 1.54. The second kappa shape index (κ2) is 4.37. The van der Waals surface area contributed by atoms with Crippen molar-refractivity contribution in [3.63, 3.8) is 0 Å². The summed E-state index contributed by atoms with van der Waals surface area (Å²) in [6.45, 7) is 5.90. The number of nitrogens with zero attached hydrogens (tertiary/aromatic N) is 2. The zero-order chi connectivity index (χ0) is 10.6. The van der Waals surface area contributed by atoms with E-state index in [1.54, 1.807) is 6.20 Å². The van der Waals surface area contributed by atoms with Crippen molar-refractivity contribution in [2.24, 2.45) is 0 Å². The Morgan fingerprint density at radius 1 is 1.43 bits per heavy atom. The summed E-state index contributed by atoms with van der Waals surface area (Å²) >= 11 is 0.